The minimum absolute atomic E-state index is 0.0571. The van der Waals surface area contributed by atoms with Crippen molar-refractivity contribution in [1.82, 2.24) is 20.1 Å². The Morgan fingerprint density at radius 1 is 1.43 bits per heavy atom. The monoisotopic (exact) mass is 288 g/mol. The van der Waals surface area contributed by atoms with E-state index in [1.54, 1.807) is 4.68 Å². The van der Waals surface area contributed by atoms with Crippen molar-refractivity contribution < 1.29 is 9.53 Å². The standard InChI is InChI=1S/C15H20N4O2/c1-4-13(16-5-2)11-7-6-8-12(9-11)19-10-17-14(18-19)15(20)21-3/h6-10,13,16H,4-5H2,1-3H3. The zero-order valence-electron chi connectivity index (χ0n) is 12.5. The molecule has 0 spiro atoms. The van der Waals surface area contributed by atoms with Gasteiger partial charge in [0.05, 0.1) is 12.8 Å². The Morgan fingerprint density at radius 3 is 2.90 bits per heavy atom. The Hall–Kier alpha value is -2.21. The fraction of sp³-hybridized carbons (Fsp3) is 0.400. The second kappa shape index (κ2) is 6.99. The van der Waals surface area contributed by atoms with Gasteiger partial charge in [-0.3, -0.25) is 0 Å². The second-order valence-electron chi connectivity index (χ2n) is 4.62. The fourth-order valence-corrected chi connectivity index (χ4v) is 2.20. The van der Waals surface area contributed by atoms with Crippen LogP contribution in [0.1, 0.15) is 42.5 Å². The van der Waals surface area contributed by atoms with Crippen LogP contribution < -0.4 is 5.32 Å². The highest BCUT2D eigenvalue weighted by atomic mass is 16.5. The van der Waals surface area contributed by atoms with Crippen LogP contribution in [0.2, 0.25) is 0 Å². The van der Waals surface area contributed by atoms with Crippen LogP contribution in [0.4, 0.5) is 0 Å². The highest BCUT2D eigenvalue weighted by molar-refractivity contribution is 5.84. The van der Waals surface area contributed by atoms with Crippen molar-refractivity contribution >= 4 is 5.97 Å². The Labute approximate surface area is 124 Å². The molecule has 0 saturated heterocycles. The number of hydrogen-bond acceptors (Lipinski definition) is 5. The molecule has 1 N–H and O–H groups in total. The maximum atomic E-state index is 11.4. The van der Waals surface area contributed by atoms with Crippen molar-refractivity contribution in [3.63, 3.8) is 0 Å². The van der Waals surface area contributed by atoms with Crippen molar-refractivity contribution in [1.29, 1.82) is 0 Å². The largest absolute Gasteiger partial charge is 0.463 e. The first-order valence-electron chi connectivity index (χ1n) is 7.03. The molecule has 0 aliphatic heterocycles. The summed E-state index contributed by atoms with van der Waals surface area (Å²) in [6.45, 7) is 5.15. The summed E-state index contributed by atoms with van der Waals surface area (Å²) in [5.41, 5.74) is 2.05. The molecule has 0 aliphatic rings. The minimum atomic E-state index is -0.538. The summed E-state index contributed by atoms with van der Waals surface area (Å²) in [4.78, 5) is 15.4. The smallest absolute Gasteiger partial charge is 0.377 e. The van der Waals surface area contributed by atoms with Gasteiger partial charge in [-0.1, -0.05) is 26.0 Å². The lowest BCUT2D eigenvalue weighted by atomic mass is 10.0. The number of nitrogens with one attached hydrogen (secondary N) is 1. The molecule has 2 rings (SSSR count). The molecule has 21 heavy (non-hydrogen) atoms. The molecule has 1 aromatic carbocycles. The number of rotatable bonds is 6. The zero-order chi connectivity index (χ0) is 15.2. The van der Waals surface area contributed by atoms with Gasteiger partial charge in [-0.05, 0) is 30.7 Å². The molecular weight excluding hydrogens is 268 g/mol. The molecule has 1 atom stereocenters. The minimum Gasteiger partial charge on any atom is -0.463 e. The summed E-state index contributed by atoms with van der Waals surface area (Å²) in [5, 5.41) is 7.57. The van der Waals surface area contributed by atoms with E-state index >= 15 is 0 Å². The van der Waals surface area contributed by atoms with E-state index < -0.39 is 5.97 Å². The number of aromatic nitrogens is 3. The molecule has 1 unspecified atom stereocenters. The number of carbonyl (C=O) groups excluding carboxylic acids is 1. The van der Waals surface area contributed by atoms with Crippen LogP contribution in [-0.2, 0) is 4.74 Å². The Balaban J connectivity index is 2.28. The van der Waals surface area contributed by atoms with Gasteiger partial charge in [-0.15, -0.1) is 5.10 Å². The quantitative estimate of drug-likeness (QED) is 0.824. The summed E-state index contributed by atoms with van der Waals surface area (Å²) < 4.78 is 6.19. The molecular formula is C15H20N4O2. The topological polar surface area (TPSA) is 69.0 Å². The van der Waals surface area contributed by atoms with Crippen molar-refractivity contribution in [3.8, 4) is 5.69 Å². The summed E-state index contributed by atoms with van der Waals surface area (Å²) in [7, 11) is 1.31. The Kier molecular flexibility index (Phi) is 5.05. The van der Waals surface area contributed by atoms with E-state index in [1.807, 2.05) is 18.2 Å². The van der Waals surface area contributed by atoms with Crippen LogP contribution in [-0.4, -0.2) is 34.4 Å². The average molecular weight is 288 g/mol. The maximum Gasteiger partial charge on any atom is 0.377 e. The number of esters is 1. The number of ether oxygens (including phenoxy) is 1. The summed E-state index contributed by atoms with van der Waals surface area (Å²) in [6.07, 6.45) is 2.52. The lowest BCUT2D eigenvalue weighted by Crippen LogP contribution is -2.20. The first-order valence-corrected chi connectivity index (χ1v) is 7.03. The Bertz CT molecular complexity index is 609. The molecule has 6 heteroatoms. The molecule has 2 aromatic rings. The van der Waals surface area contributed by atoms with E-state index in [0.29, 0.717) is 6.04 Å². The van der Waals surface area contributed by atoms with E-state index in [4.69, 9.17) is 0 Å². The predicted molar refractivity (Wildman–Crippen MR) is 79.4 cm³/mol. The van der Waals surface area contributed by atoms with Crippen molar-refractivity contribution in [2.24, 2.45) is 0 Å². The van der Waals surface area contributed by atoms with Crippen LogP contribution in [0, 0.1) is 0 Å². The highest BCUT2D eigenvalue weighted by Crippen LogP contribution is 2.19. The van der Waals surface area contributed by atoms with E-state index in [1.165, 1.54) is 19.0 Å². The molecule has 0 radical (unpaired) electrons. The van der Waals surface area contributed by atoms with Crippen LogP contribution in [0.3, 0.4) is 0 Å². The van der Waals surface area contributed by atoms with Crippen molar-refractivity contribution in [2.75, 3.05) is 13.7 Å². The van der Waals surface area contributed by atoms with Crippen molar-refractivity contribution in [3.05, 3.63) is 42.0 Å². The normalized spacial score (nSPS) is 12.1. The van der Waals surface area contributed by atoms with Crippen LogP contribution in [0.25, 0.3) is 5.69 Å². The van der Waals surface area contributed by atoms with Gasteiger partial charge in [-0.2, -0.15) is 0 Å². The van der Waals surface area contributed by atoms with Gasteiger partial charge in [0.2, 0.25) is 0 Å². The predicted octanol–water partition coefficient (Wildman–Crippen LogP) is 2.11. The molecule has 0 saturated carbocycles. The van der Waals surface area contributed by atoms with Crippen LogP contribution in [0.15, 0.2) is 30.6 Å². The average Bonchev–Trinajstić information content (AvgIpc) is 3.02. The lowest BCUT2D eigenvalue weighted by Gasteiger charge is -2.17. The van der Waals surface area contributed by atoms with E-state index in [9.17, 15) is 4.79 Å². The first kappa shape index (κ1) is 15.2. The van der Waals surface area contributed by atoms with Gasteiger partial charge in [0.1, 0.15) is 6.33 Å². The maximum absolute atomic E-state index is 11.4. The number of benzene rings is 1. The van der Waals surface area contributed by atoms with Crippen molar-refractivity contribution in [2.45, 2.75) is 26.3 Å². The number of methoxy groups -OCH3 is 1. The number of hydrogen-bond donors (Lipinski definition) is 1. The lowest BCUT2D eigenvalue weighted by molar-refractivity contribution is 0.0587. The van der Waals surface area contributed by atoms with Crippen LogP contribution in [0.5, 0.6) is 0 Å². The third-order valence-corrected chi connectivity index (χ3v) is 3.26. The molecule has 112 valence electrons. The zero-order valence-corrected chi connectivity index (χ0v) is 12.5. The molecule has 1 heterocycles. The van der Waals surface area contributed by atoms with Gasteiger partial charge in [0.15, 0.2) is 0 Å². The third kappa shape index (κ3) is 3.46. The Morgan fingerprint density at radius 2 is 2.24 bits per heavy atom. The fourth-order valence-electron chi connectivity index (χ4n) is 2.20. The van der Waals surface area contributed by atoms with Gasteiger partial charge >= 0.3 is 5.97 Å². The summed E-state index contributed by atoms with van der Waals surface area (Å²) in [6, 6.07) is 8.34. The van der Waals surface area contributed by atoms with Gasteiger partial charge < -0.3 is 10.1 Å². The molecule has 0 bridgehead atoms. The molecule has 1 aromatic heterocycles. The van der Waals surface area contributed by atoms with Crippen LogP contribution >= 0.6 is 0 Å². The third-order valence-electron chi connectivity index (χ3n) is 3.26. The number of nitrogens with zero attached hydrogens (tertiary/aromatic N) is 3. The second-order valence-corrected chi connectivity index (χ2v) is 4.62. The molecule has 0 amide bonds. The molecule has 0 fully saturated rings. The van der Waals surface area contributed by atoms with Gasteiger partial charge in [-0.25, -0.2) is 14.5 Å². The molecule has 6 nitrogen and oxygen atoms in total. The van der Waals surface area contributed by atoms with E-state index in [0.717, 1.165) is 18.7 Å². The summed E-state index contributed by atoms with van der Waals surface area (Å²) >= 11 is 0. The van der Waals surface area contributed by atoms with Gasteiger partial charge in [0, 0.05) is 6.04 Å². The highest BCUT2D eigenvalue weighted by Gasteiger charge is 2.13. The molecule has 0 aliphatic carbocycles. The SMILES string of the molecule is CCNC(CC)c1cccc(-n2cnc(C(=O)OC)n2)c1. The van der Waals surface area contributed by atoms with E-state index in [-0.39, 0.29) is 5.82 Å². The van der Waals surface area contributed by atoms with Gasteiger partial charge in [0.25, 0.3) is 5.82 Å². The summed E-state index contributed by atoms with van der Waals surface area (Å²) in [5.74, 6) is -0.481. The number of carbonyl (C=O) groups is 1. The van der Waals surface area contributed by atoms with E-state index in [2.05, 4.69) is 40.1 Å². The first-order chi connectivity index (χ1) is 10.2.